The van der Waals surface area contributed by atoms with Crippen LogP contribution in [0.15, 0.2) is 109 Å². The van der Waals surface area contributed by atoms with Crippen LogP contribution in [0.1, 0.15) is 0 Å². The maximum atomic E-state index is 5.11. The first kappa shape index (κ1) is 22.5. The molecule has 0 radical (unpaired) electrons. The third-order valence-electron chi connectivity index (χ3n) is 7.75. The second-order valence-corrected chi connectivity index (χ2v) is 9.78. The number of hydrogen-bond acceptors (Lipinski definition) is 2. The van der Waals surface area contributed by atoms with E-state index in [0.717, 1.165) is 55.5 Å². The molecule has 5 heterocycles. The first-order valence-corrected chi connectivity index (χ1v) is 12.7. The molecule has 9 aromatic rings. The van der Waals surface area contributed by atoms with Crippen molar-refractivity contribution in [2.75, 3.05) is 0 Å². The maximum absolute atomic E-state index is 5.11. The van der Waals surface area contributed by atoms with Crippen molar-refractivity contribution in [3.8, 4) is 22.5 Å². The largest absolute Gasteiger partial charge is 2.00 e. The molecule has 0 N–H and O–H groups in total. The summed E-state index contributed by atoms with van der Waals surface area (Å²) in [6.07, 6.45) is 1.86. The zero-order valence-electron chi connectivity index (χ0n) is 20.5. The van der Waals surface area contributed by atoms with Crippen LogP contribution in [0, 0.1) is 6.07 Å². The molecule has 5 aromatic heterocycles. The Labute approximate surface area is 237 Å². The Kier molecular flexibility index (Phi) is 4.74. The van der Waals surface area contributed by atoms with E-state index >= 15 is 0 Å². The maximum Gasteiger partial charge on any atom is 2.00 e. The first-order chi connectivity index (χ1) is 18.8. The molecule has 0 spiro atoms. The topological polar surface area (TPSA) is 44.3 Å². The van der Waals surface area contributed by atoms with Crippen LogP contribution >= 0.6 is 0 Å². The zero-order chi connectivity index (χ0) is 24.8. The van der Waals surface area contributed by atoms with Gasteiger partial charge in [-0.2, -0.15) is 0 Å². The predicted molar refractivity (Wildman–Crippen MR) is 155 cm³/mol. The SMILES string of the molecule is [Pt+2].[c-]1c(-c2cccc(-c3cccc4c3[n-]c3ccccc34)n2)ccc2c3cccc4c5cccnc5n(c12)c34. The van der Waals surface area contributed by atoms with E-state index in [9.17, 15) is 0 Å². The van der Waals surface area contributed by atoms with Crippen LogP contribution in [-0.4, -0.2) is 14.4 Å². The van der Waals surface area contributed by atoms with Crippen LogP contribution in [0.3, 0.4) is 0 Å². The van der Waals surface area contributed by atoms with Crippen molar-refractivity contribution in [1.29, 1.82) is 0 Å². The van der Waals surface area contributed by atoms with Crippen molar-refractivity contribution >= 4 is 60.0 Å². The van der Waals surface area contributed by atoms with Crippen LogP contribution in [0.5, 0.6) is 0 Å². The van der Waals surface area contributed by atoms with Crippen LogP contribution in [0.4, 0.5) is 0 Å². The van der Waals surface area contributed by atoms with Gasteiger partial charge in [-0.3, -0.25) is 4.98 Å². The average Bonchev–Trinajstić information content (AvgIpc) is 3.64. The van der Waals surface area contributed by atoms with Crippen molar-refractivity contribution in [3.05, 3.63) is 115 Å². The molecule has 0 bridgehead atoms. The van der Waals surface area contributed by atoms with Crippen LogP contribution in [0.2, 0.25) is 0 Å². The molecule has 0 unspecified atom stereocenters. The normalized spacial score (nSPS) is 11.9. The summed E-state index contributed by atoms with van der Waals surface area (Å²) in [5, 5.41) is 7.11. The molecular weight excluding hydrogens is 659 g/mol. The van der Waals surface area contributed by atoms with E-state index in [0.29, 0.717) is 0 Å². The minimum absolute atomic E-state index is 0. The molecule has 4 nitrogen and oxygen atoms in total. The quantitative estimate of drug-likeness (QED) is 0.174. The minimum Gasteiger partial charge on any atom is -0.656 e. The van der Waals surface area contributed by atoms with E-state index in [1.807, 2.05) is 18.3 Å². The van der Waals surface area contributed by atoms with Gasteiger partial charge in [-0.15, -0.1) is 34.8 Å². The molecule has 0 fully saturated rings. The minimum atomic E-state index is 0. The van der Waals surface area contributed by atoms with Gasteiger partial charge in [-0.25, -0.2) is 4.98 Å². The summed E-state index contributed by atoms with van der Waals surface area (Å²) in [5.74, 6) is 0. The van der Waals surface area contributed by atoms with Crippen molar-refractivity contribution < 1.29 is 21.1 Å². The van der Waals surface area contributed by atoms with Gasteiger partial charge in [-0.1, -0.05) is 78.2 Å². The molecule has 0 amide bonds. The van der Waals surface area contributed by atoms with Gasteiger partial charge < -0.3 is 9.38 Å². The van der Waals surface area contributed by atoms with Gasteiger partial charge >= 0.3 is 21.1 Å². The summed E-state index contributed by atoms with van der Waals surface area (Å²) >= 11 is 0. The van der Waals surface area contributed by atoms with Gasteiger partial charge in [0.15, 0.2) is 0 Å². The number of hydrogen-bond donors (Lipinski definition) is 0. The molecule has 0 saturated carbocycles. The molecule has 0 aliphatic heterocycles. The van der Waals surface area contributed by atoms with E-state index < -0.39 is 0 Å². The molecule has 0 aliphatic carbocycles. The van der Waals surface area contributed by atoms with E-state index in [1.165, 1.54) is 27.1 Å². The van der Waals surface area contributed by atoms with Crippen molar-refractivity contribution in [2.45, 2.75) is 0 Å². The van der Waals surface area contributed by atoms with Crippen LogP contribution < -0.4 is 4.98 Å². The number of nitrogens with zero attached hydrogens (tertiary/aromatic N) is 4. The molecule has 5 heteroatoms. The average molecular weight is 678 g/mol. The number of rotatable bonds is 2. The Morgan fingerprint density at radius 2 is 1.36 bits per heavy atom. The molecule has 39 heavy (non-hydrogen) atoms. The first-order valence-electron chi connectivity index (χ1n) is 12.7. The van der Waals surface area contributed by atoms with Crippen LogP contribution in [0.25, 0.3) is 82.5 Å². The number of benzene rings is 4. The summed E-state index contributed by atoms with van der Waals surface area (Å²) in [6, 6.07) is 39.5. The van der Waals surface area contributed by atoms with E-state index in [1.54, 1.807) is 0 Å². The number of aromatic nitrogens is 4. The van der Waals surface area contributed by atoms with E-state index in [-0.39, 0.29) is 21.1 Å². The Hall–Kier alpha value is -4.53. The molecule has 0 aliphatic rings. The summed E-state index contributed by atoms with van der Waals surface area (Å²) in [7, 11) is 0. The molecule has 0 saturated heterocycles. The Bertz CT molecular complexity index is 2360. The van der Waals surface area contributed by atoms with Gasteiger partial charge in [-0.05, 0) is 51.1 Å². The monoisotopic (exact) mass is 677 g/mol. The van der Waals surface area contributed by atoms with Gasteiger partial charge in [0.2, 0.25) is 0 Å². The third-order valence-corrected chi connectivity index (χ3v) is 7.75. The predicted octanol–water partition coefficient (Wildman–Crippen LogP) is 8.02. The number of pyridine rings is 2. The molecular formula is C34H18N4Pt. The summed E-state index contributed by atoms with van der Waals surface area (Å²) < 4.78 is 2.25. The molecule has 0 atom stereocenters. The van der Waals surface area contributed by atoms with Crippen molar-refractivity contribution in [2.24, 2.45) is 0 Å². The number of para-hydroxylation sites is 3. The van der Waals surface area contributed by atoms with Crippen molar-refractivity contribution in [3.63, 3.8) is 0 Å². The Morgan fingerprint density at radius 3 is 2.31 bits per heavy atom. The van der Waals surface area contributed by atoms with Crippen LogP contribution in [-0.2, 0) is 21.1 Å². The van der Waals surface area contributed by atoms with Gasteiger partial charge in [0.05, 0.1) is 11.2 Å². The Morgan fingerprint density at radius 1 is 0.615 bits per heavy atom. The van der Waals surface area contributed by atoms with E-state index in [4.69, 9.17) is 15.0 Å². The Balaban J connectivity index is 0.00000235. The summed E-state index contributed by atoms with van der Waals surface area (Å²) in [5.41, 5.74) is 8.97. The van der Waals surface area contributed by atoms with Gasteiger partial charge in [0, 0.05) is 17.0 Å². The van der Waals surface area contributed by atoms with Crippen molar-refractivity contribution in [1.82, 2.24) is 19.4 Å². The fourth-order valence-corrected chi connectivity index (χ4v) is 6.10. The standard InChI is InChI=1S/C34H18N4.Pt/c1-2-13-29-21(7-1)23-8-3-11-27(32(23)37-29)30-15-5-14-28(36-30)20-16-17-22-24-9-4-10-25-26-12-6-18-35-34(26)38(33(24)25)31(22)19-20;/h1-18H;/q-2;+2. The second kappa shape index (κ2) is 8.23. The molecule has 4 aromatic carbocycles. The number of fused-ring (bicyclic) bond motifs is 9. The van der Waals surface area contributed by atoms with Gasteiger partial charge in [0.1, 0.15) is 5.65 Å². The fraction of sp³-hybridized carbons (Fsp3) is 0. The third kappa shape index (κ3) is 3.04. The fourth-order valence-electron chi connectivity index (χ4n) is 6.10. The second-order valence-electron chi connectivity index (χ2n) is 9.78. The summed E-state index contributed by atoms with van der Waals surface area (Å²) in [6.45, 7) is 0. The van der Waals surface area contributed by atoms with Gasteiger partial charge in [0.25, 0.3) is 0 Å². The summed E-state index contributed by atoms with van der Waals surface area (Å²) in [4.78, 5) is 14.8. The molecule has 184 valence electrons. The smallest absolute Gasteiger partial charge is 0.656 e. The molecule has 9 rings (SSSR count). The van der Waals surface area contributed by atoms with E-state index in [2.05, 4.69) is 101 Å². The zero-order valence-corrected chi connectivity index (χ0v) is 22.8.